The molecule has 0 spiro atoms. The van der Waals surface area contributed by atoms with Crippen LogP contribution in [-0.4, -0.2) is 29.4 Å². The predicted octanol–water partition coefficient (Wildman–Crippen LogP) is 5.10. The number of nitrogens with zero attached hydrogens (tertiary/aromatic N) is 1. The summed E-state index contributed by atoms with van der Waals surface area (Å²) in [4.78, 5) is 27.9. The van der Waals surface area contributed by atoms with Crippen molar-refractivity contribution in [2.24, 2.45) is 5.92 Å². The molecule has 0 unspecified atom stereocenters. The normalized spacial score (nSPS) is 17.8. The molecule has 3 aromatic carbocycles. The Morgan fingerprint density at radius 1 is 1.08 bits per heavy atom. The van der Waals surface area contributed by atoms with Crippen molar-refractivity contribution < 1.29 is 18.7 Å². The highest BCUT2D eigenvalue weighted by Gasteiger charge is 2.39. The Morgan fingerprint density at radius 2 is 1.89 bits per heavy atom. The minimum Gasteiger partial charge on any atom is -0.481 e. The maximum Gasteiger partial charge on any atom is 0.261 e. The highest BCUT2D eigenvalue weighted by molar-refractivity contribution is 5.82. The molecule has 1 aliphatic carbocycles. The number of nitrogens with one attached hydrogen (secondary N) is 1. The Bertz CT molecular complexity index is 1290. The van der Waals surface area contributed by atoms with E-state index in [1.165, 1.54) is 17.7 Å². The lowest BCUT2D eigenvalue weighted by atomic mass is 9.87. The van der Waals surface area contributed by atoms with E-state index < -0.39 is 6.10 Å². The van der Waals surface area contributed by atoms with Gasteiger partial charge in [0, 0.05) is 19.0 Å². The van der Waals surface area contributed by atoms with Crippen LogP contribution in [0.15, 0.2) is 66.7 Å². The number of carbonyl (C=O) groups excluding carboxylic acids is 2. The van der Waals surface area contributed by atoms with E-state index in [1.807, 2.05) is 29.2 Å². The SMILES string of the molecule is Cc1cccc([C@H]2c3cc(O[C@H](C)C(=O)NCc4cccc(F)c4)ccc3CCN2C(=O)C2CC2)c1. The molecule has 1 saturated carbocycles. The zero-order valence-electron chi connectivity index (χ0n) is 20.7. The molecule has 2 atom stereocenters. The van der Waals surface area contributed by atoms with Crippen LogP contribution in [0.25, 0.3) is 0 Å². The Labute approximate surface area is 211 Å². The molecule has 186 valence electrons. The number of fused-ring (bicyclic) bond motifs is 1. The van der Waals surface area contributed by atoms with E-state index in [9.17, 15) is 14.0 Å². The Kier molecular flexibility index (Phi) is 6.77. The van der Waals surface area contributed by atoms with Gasteiger partial charge in [-0.3, -0.25) is 9.59 Å². The van der Waals surface area contributed by atoms with Gasteiger partial charge in [-0.1, -0.05) is 48.0 Å². The van der Waals surface area contributed by atoms with Crippen molar-refractivity contribution >= 4 is 11.8 Å². The van der Waals surface area contributed by atoms with Gasteiger partial charge in [0.05, 0.1) is 6.04 Å². The number of hydrogen-bond donors (Lipinski definition) is 1. The van der Waals surface area contributed by atoms with Gasteiger partial charge in [0.2, 0.25) is 5.91 Å². The molecule has 1 N–H and O–H groups in total. The van der Waals surface area contributed by atoms with Gasteiger partial charge in [-0.2, -0.15) is 0 Å². The van der Waals surface area contributed by atoms with E-state index >= 15 is 0 Å². The lowest BCUT2D eigenvalue weighted by Gasteiger charge is -2.38. The number of hydrogen-bond acceptors (Lipinski definition) is 3. The molecule has 0 aromatic heterocycles. The summed E-state index contributed by atoms with van der Waals surface area (Å²) in [6.45, 7) is 4.67. The monoisotopic (exact) mass is 486 g/mol. The van der Waals surface area contributed by atoms with Crippen LogP contribution in [0.1, 0.15) is 53.6 Å². The number of ether oxygens (including phenoxy) is 1. The standard InChI is InChI=1S/C30H31FN2O3/c1-19-5-3-7-24(15-19)28-27-17-26(12-11-22(27)13-14-33(28)30(35)23-9-10-23)36-20(2)29(34)32-18-21-6-4-8-25(31)16-21/h3-8,11-12,15-17,20,23,28H,9-10,13-14,18H2,1-2H3,(H,32,34)/t20-,28+/m1/s1. The van der Waals surface area contributed by atoms with Crippen LogP contribution in [0.5, 0.6) is 5.75 Å². The summed E-state index contributed by atoms with van der Waals surface area (Å²) in [5, 5.41) is 2.81. The Balaban J connectivity index is 1.36. The lowest BCUT2D eigenvalue weighted by Crippen LogP contribution is -2.41. The number of rotatable bonds is 7. The van der Waals surface area contributed by atoms with Crippen molar-refractivity contribution in [2.75, 3.05) is 6.54 Å². The van der Waals surface area contributed by atoms with Crippen LogP contribution in [0.4, 0.5) is 4.39 Å². The number of aryl methyl sites for hydroxylation is 1. The zero-order valence-corrected chi connectivity index (χ0v) is 20.7. The third kappa shape index (κ3) is 5.27. The van der Waals surface area contributed by atoms with Crippen molar-refractivity contribution in [3.05, 3.63) is 100 Å². The summed E-state index contributed by atoms with van der Waals surface area (Å²) >= 11 is 0. The highest BCUT2D eigenvalue weighted by atomic mass is 19.1. The molecular formula is C30H31FN2O3. The molecule has 2 aliphatic rings. The van der Waals surface area contributed by atoms with Gasteiger partial charge in [0.15, 0.2) is 6.10 Å². The first kappa shape index (κ1) is 24.0. The van der Waals surface area contributed by atoms with Crippen LogP contribution in [0, 0.1) is 18.7 Å². The van der Waals surface area contributed by atoms with Crippen molar-refractivity contribution in [1.29, 1.82) is 0 Å². The Hall–Kier alpha value is -3.67. The molecule has 1 heterocycles. The van der Waals surface area contributed by atoms with E-state index in [-0.39, 0.29) is 36.1 Å². The molecule has 6 heteroatoms. The van der Waals surface area contributed by atoms with Gasteiger partial charge < -0.3 is 15.0 Å². The van der Waals surface area contributed by atoms with Crippen LogP contribution in [0.2, 0.25) is 0 Å². The summed E-state index contributed by atoms with van der Waals surface area (Å²) in [6.07, 6.45) is 1.99. The molecule has 36 heavy (non-hydrogen) atoms. The first-order chi connectivity index (χ1) is 17.4. The third-order valence-electron chi connectivity index (χ3n) is 6.95. The summed E-state index contributed by atoms with van der Waals surface area (Å²) in [7, 11) is 0. The van der Waals surface area contributed by atoms with Crippen molar-refractivity contribution in [2.45, 2.75) is 51.8 Å². The van der Waals surface area contributed by atoms with Crippen molar-refractivity contribution in [3.63, 3.8) is 0 Å². The fraction of sp³-hybridized carbons (Fsp3) is 0.333. The number of halogens is 1. The topological polar surface area (TPSA) is 58.6 Å². The lowest BCUT2D eigenvalue weighted by molar-refractivity contribution is -0.134. The zero-order chi connectivity index (χ0) is 25.2. The largest absolute Gasteiger partial charge is 0.481 e. The van der Waals surface area contributed by atoms with Gasteiger partial charge in [0.1, 0.15) is 11.6 Å². The van der Waals surface area contributed by atoms with Crippen LogP contribution < -0.4 is 10.1 Å². The predicted molar refractivity (Wildman–Crippen MR) is 136 cm³/mol. The maximum absolute atomic E-state index is 13.4. The minimum atomic E-state index is -0.734. The second kappa shape index (κ2) is 10.1. The number of carbonyl (C=O) groups is 2. The minimum absolute atomic E-state index is 0.139. The van der Waals surface area contributed by atoms with Crippen molar-refractivity contribution in [3.8, 4) is 5.75 Å². The van der Waals surface area contributed by atoms with Gasteiger partial charge in [-0.05, 0) is 79.6 Å². The summed E-state index contributed by atoms with van der Waals surface area (Å²) < 4.78 is 19.4. The van der Waals surface area contributed by atoms with E-state index in [0.29, 0.717) is 17.9 Å². The van der Waals surface area contributed by atoms with Crippen LogP contribution >= 0.6 is 0 Å². The average molecular weight is 487 g/mol. The smallest absolute Gasteiger partial charge is 0.261 e. The molecule has 5 rings (SSSR count). The van der Waals surface area contributed by atoms with E-state index in [2.05, 4.69) is 30.4 Å². The molecule has 1 fully saturated rings. The van der Waals surface area contributed by atoms with Gasteiger partial charge in [-0.15, -0.1) is 0 Å². The number of benzene rings is 3. The molecule has 0 bridgehead atoms. The van der Waals surface area contributed by atoms with Gasteiger partial charge in [0.25, 0.3) is 5.91 Å². The molecular weight excluding hydrogens is 455 g/mol. The summed E-state index contributed by atoms with van der Waals surface area (Å²) in [5.74, 6) is 0.333. The van der Waals surface area contributed by atoms with Crippen LogP contribution in [-0.2, 0) is 22.6 Å². The third-order valence-corrected chi connectivity index (χ3v) is 6.95. The van der Waals surface area contributed by atoms with E-state index in [0.717, 1.165) is 36.0 Å². The second-order valence-electron chi connectivity index (χ2n) is 9.84. The highest BCUT2D eigenvalue weighted by Crippen LogP contribution is 2.41. The fourth-order valence-electron chi connectivity index (χ4n) is 4.91. The van der Waals surface area contributed by atoms with Crippen LogP contribution in [0.3, 0.4) is 0 Å². The molecule has 0 radical (unpaired) electrons. The maximum atomic E-state index is 13.4. The quantitative estimate of drug-likeness (QED) is 0.505. The first-order valence-corrected chi connectivity index (χ1v) is 12.6. The molecule has 1 aliphatic heterocycles. The molecule has 2 amide bonds. The second-order valence-corrected chi connectivity index (χ2v) is 9.84. The first-order valence-electron chi connectivity index (χ1n) is 12.6. The summed E-state index contributed by atoms with van der Waals surface area (Å²) in [6, 6.07) is 20.2. The van der Waals surface area contributed by atoms with Gasteiger partial charge in [-0.25, -0.2) is 4.39 Å². The molecule has 0 saturated heterocycles. The van der Waals surface area contributed by atoms with Gasteiger partial charge >= 0.3 is 0 Å². The average Bonchev–Trinajstić information content (AvgIpc) is 3.72. The summed E-state index contributed by atoms with van der Waals surface area (Å²) in [5.41, 5.74) is 5.16. The Morgan fingerprint density at radius 3 is 2.64 bits per heavy atom. The van der Waals surface area contributed by atoms with E-state index in [4.69, 9.17) is 4.74 Å². The van der Waals surface area contributed by atoms with Crippen molar-refractivity contribution in [1.82, 2.24) is 10.2 Å². The molecule has 5 nitrogen and oxygen atoms in total. The van der Waals surface area contributed by atoms with E-state index in [1.54, 1.807) is 19.1 Å². The molecule has 3 aromatic rings. The fourth-order valence-corrected chi connectivity index (χ4v) is 4.91. The number of amides is 2.